The first-order chi connectivity index (χ1) is 9.04. The van der Waals surface area contributed by atoms with Gasteiger partial charge in [0.2, 0.25) is 0 Å². The Kier molecular flexibility index (Phi) is 5.06. The topological polar surface area (TPSA) is 35.4 Å². The molecular formula is C16H23NOS. The molecule has 0 bridgehead atoms. The molecule has 1 aromatic carbocycles. The van der Waals surface area contributed by atoms with E-state index >= 15 is 0 Å². The maximum atomic E-state index is 12.1. The molecule has 1 fully saturated rings. The lowest BCUT2D eigenvalue weighted by atomic mass is 9.77. The average molecular weight is 277 g/mol. The van der Waals surface area contributed by atoms with Crippen LogP contribution in [0.5, 0.6) is 0 Å². The summed E-state index contributed by atoms with van der Waals surface area (Å²) in [6.45, 7) is 6.63. The van der Waals surface area contributed by atoms with Crippen molar-refractivity contribution in [2.24, 2.45) is 22.2 Å². The van der Waals surface area contributed by atoms with Gasteiger partial charge < -0.3 is 4.55 Å². The molecule has 0 aliphatic heterocycles. The molecule has 2 nitrogen and oxygen atoms in total. The summed E-state index contributed by atoms with van der Waals surface area (Å²) >= 11 is -1.25. The van der Waals surface area contributed by atoms with E-state index < -0.39 is 11.4 Å². The minimum absolute atomic E-state index is 0.494. The van der Waals surface area contributed by atoms with Crippen LogP contribution in [0.2, 0.25) is 0 Å². The minimum atomic E-state index is -1.25. The van der Waals surface area contributed by atoms with Crippen molar-refractivity contribution >= 4 is 17.6 Å². The molecule has 0 aromatic heterocycles. The fourth-order valence-electron chi connectivity index (χ4n) is 2.99. The molecule has 1 aliphatic rings. The third-order valence-corrected chi connectivity index (χ3v) is 4.79. The second-order valence-electron chi connectivity index (χ2n) is 5.99. The summed E-state index contributed by atoms with van der Waals surface area (Å²) in [5.74, 6) is 2.01. The molecule has 0 spiro atoms. The highest BCUT2D eigenvalue weighted by molar-refractivity contribution is 7.90. The number of hydrogen-bond donors (Lipinski definition) is 0. The van der Waals surface area contributed by atoms with Crippen molar-refractivity contribution in [3.05, 3.63) is 29.8 Å². The lowest BCUT2D eigenvalue weighted by Crippen LogP contribution is -2.20. The lowest BCUT2D eigenvalue weighted by Gasteiger charge is -2.28. The zero-order valence-corrected chi connectivity index (χ0v) is 12.8. The molecule has 0 saturated heterocycles. The van der Waals surface area contributed by atoms with Crippen LogP contribution in [0.1, 0.15) is 38.7 Å². The summed E-state index contributed by atoms with van der Waals surface area (Å²) in [4.78, 5) is 0.791. The molecule has 1 aliphatic carbocycles. The second-order valence-corrected chi connectivity index (χ2v) is 7.17. The van der Waals surface area contributed by atoms with E-state index in [-0.39, 0.29) is 0 Å². The van der Waals surface area contributed by atoms with E-state index in [1.54, 1.807) is 0 Å². The second kappa shape index (κ2) is 6.58. The van der Waals surface area contributed by atoms with Crippen molar-refractivity contribution in [3.63, 3.8) is 0 Å². The largest absolute Gasteiger partial charge is 0.586 e. The van der Waals surface area contributed by atoms with Gasteiger partial charge in [-0.2, -0.15) is 0 Å². The van der Waals surface area contributed by atoms with E-state index in [2.05, 4.69) is 18.2 Å². The molecule has 3 heteroatoms. The quantitative estimate of drug-likeness (QED) is 0.603. The monoisotopic (exact) mass is 277 g/mol. The van der Waals surface area contributed by atoms with E-state index in [1.165, 1.54) is 24.8 Å². The Morgan fingerprint density at radius 1 is 1.11 bits per heavy atom. The van der Waals surface area contributed by atoms with Gasteiger partial charge in [-0.05, 0) is 56.1 Å². The fourth-order valence-corrected chi connectivity index (χ4v) is 3.76. The third kappa shape index (κ3) is 4.36. The molecule has 1 aromatic rings. The number of hydrogen-bond acceptors (Lipinski definition) is 2. The maximum absolute atomic E-state index is 12.1. The van der Waals surface area contributed by atoms with E-state index in [4.69, 9.17) is 0 Å². The van der Waals surface area contributed by atoms with Gasteiger partial charge in [-0.1, -0.05) is 35.9 Å². The number of aryl methyl sites for hydroxylation is 1. The highest BCUT2D eigenvalue weighted by atomic mass is 32.2. The molecule has 0 N–H and O–H groups in total. The van der Waals surface area contributed by atoms with Gasteiger partial charge in [0.25, 0.3) is 0 Å². The zero-order valence-electron chi connectivity index (χ0n) is 12.0. The summed E-state index contributed by atoms with van der Waals surface area (Å²) in [7, 11) is 0. The first-order valence-electron chi connectivity index (χ1n) is 7.07. The van der Waals surface area contributed by atoms with Crippen LogP contribution in [0.4, 0.5) is 0 Å². The summed E-state index contributed by atoms with van der Waals surface area (Å²) in [5, 5.41) is 0. The number of rotatable bonds is 3. The van der Waals surface area contributed by atoms with Gasteiger partial charge in [0.05, 0.1) is 6.21 Å². The Morgan fingerprint density at radius 2 is 1.68 bits per heavy atom. The van der Waals surface area contributed by atoms with Crippen LogP contribution in [0.25, 0.3) is 0 Å². The Bertz CT molecular complexity index is 419. The van der Waals surface area contributed by atoms with Crippen molar-refractivity contribution in [1.29, 1.82) is 0 Å². The molecule has 0 amide bonds. The van der Waals surface area contributed by atoms with Gasteiger partial charge in [-0.25, -0.2) is 0 Å². The Hall–Kier alpha value is -0.800. The van der Waals surface area contributed by atoms with Crippen molar-refractivity contribution in [2.45, 2.75) is 44.9 Å². The predicted octanol–water partition coefficient (Wildman–Crippen LogP) is 4.16. The van der Waals surface area contributed by atoms with Crippen LogP contribution in [0, 0.1) is 24.7 Å². The van der Waals surface area contributed by atoms with Crippen molar-refractivity contribution in [1.82, 2.24) is 0 Å². The van der Waals surface area contributed by atoms with E-state index in [9.17, 15) is 4.55 Å². The molecule has 0 heterocycles. The van der Waals surface area contributed by atoms with Crippen molar-refractivity contribution < 1.29 is 4.55 Å². The first kappa shape index (κ1) is 14.6. The zero-order chi connectivity index (χ0) is 13.8. The molecule has 104 valence electrons. The Morgan fingerprint density at radius 3 is 2.26 bits per heavy atom. The highest BCUT2D eigenvalue weighted by Gasteiger charge is 2.23. The van der Waals surface area contributed by atoms with Gasteiger partial charge in [0.15, 0.2) is 4.90 Å². The van der Waals surface area contributed by atoms with E-state index in [0.29, 0.717) is 5.92 Å². The maximum Gasteiger partial charge on any atom is 0.182 e. The first-order valence-corrected chi connectivity index (χ1v) is 8.18. The summed E-state index contributed by atoms with van der Waals surface area (Å²) in [6, 6.07) is 7.75. The van der Waals surface area contributed by atoms with Gasteiger partial charge in [-0.3, -0.25) is 0 Å². The number of nitrogens with zero attached hydrogens (tertiary/aromatic N) is 1. The normalized spacial score (nSPS) is 29.6. The summed E-state index contributed by atoms with van der Waals surface area (Å²) in [6.07, 6.45) is 5.60. The Labute approximate surface area is 119 Å². The molecule has 2 rings (SSSR count). The van der Waals surface area contributed by atoms with E-state index in [1.807, 2.05) is 37.4 Å². The molecule has 1 unspecified atom stereocenters. The third-order valence-electron chi connectivity index (χ3n) is 3.81. The summed E-state index contributed by atoms with van der Waals surface area (Å²) < 4.78 is 16.3. The van der Waals surface area contributed by atoms with Crippen LogP contribution in [-0.4, -0.2) is 10.8 Å². The minimum Gasteiger partial charge on any atom is -0.586 e. The molecule has 19 heavy (non-hydrogen) atoms. The van der Waals surface area contributed by atoms with Crippen LogP contribution in [0.3, 0.4) is 0 Å². The van der Waals surface area contributed by atoms with Crippen molar-refractivity contribution in [2.75, 3.05) is 0 Å². The Balaban J connectivity index is 1.96. The van der Waals surface area contributed by atoms with E-state index in [0.717, 1.165) is 16.7 Å². The van der Waals surface area contributed by atoms with Crippen LogP contribution >= 0.6 is 0 Å². The smallest absolute Gasteiger partial charge is 0.182 e. The van der Waals surface area contributed by atoms with Gasteiger partial charge >= 0.3 is 0 Å². The summed E-state index contributed by atoms with van der Waals surface area (Å²) in [5.41, 5.74) is 1.18. The van der Waals surface area contributed by atoms with Gasteiger partial charge in [0, 0.05) is 0 Å². The van der Waals surface area contributed by atoms with Gasteiger partial charge in [-0.15, -0.1) is 0 Å². The number of benzene rings is 1. The average Bonchev–Trinajstić information content (AvgIpc) is 2.36. The fraction of sp³-hybridized carbons (Fsp3) is 0.562. The predicted molar refractivity (Wildman–Crippen MR) is 81.7 cm³/mol. The highest BCUT2D eigenvalue weighted by Crippen LogP contribution is 2.32. The molecule has 0 radical (unpaired) electrons. The van der Waals surface area contributed by atoms with Crippen molar-refractivity contribution in [3.8, 4) is 0 Å². The lowest BCUT2D eigenvalue weighted by molar-refractivity contribution is 0.267. The van der Waals surface area contributed by atoms with Gasteiger partial charge in [0.1, 0.15) is 11.4 Å². The molecule has 4 atom stereocenters. The SMILES string of the molecule is Cc1ccc([S+]([O-])/N=C\[C@@H]2C[C@H](C)C[C@H](C)C2)cc1. The van der Waals surface area contributed by atoms with Crippen LogP contribution < -0.4 is 0 Å². The standard InChI is InChI=1S/C16H23NOS/c1-12-4-6-16(7-5-12)19(18)17-11-15-9-13(2)8-14(3)10-15/h4-7,11,13-15H,8-10H2,1-3H3/b17-11-/t13-,14+,15-,19?. The van der Waals surface area contributed by atoms with Crippen LogP contribution in [-0.2, 0) is 11.4 Å². The van der Waals surface area contributed by atoms with Crippen LogP contribution in [0.15, 0.2) is 33.6 Å². The molecule has 1 saturated carbocycles. The molecular weight excluding hydrogens is 254 g/mol.